The van der Waals surface area contributed by atoms with Gasteiger partial charge in [0.2, 0.25) is 15.4 Å². The molecule has 5 aliphatic heterocycles. The third kappa shape index (κ3) is 16.8. The summed E-state index contributed by atoms with van der Waals surface area (Å²) in [7, 11) is -10.1. The number of carbonyl (C=O) groups is 4. The SMILES string of the molecule is CCCCOCCCN(Cc1cc(C)cc(-c2cc(C)cc(-c3cc(C)cc(CN(CCCOCCCC)S(=O)(=O)c4ccc(C5=c6cc7c8c(c6Oc6c5cc5c9c6CCCN9CCC5)CCC[N+]=8CCC7)c(S(=O)(=O)O)c4)c3OCC(=O)O)c2OCC(=O)O)c1OCC(=O)O)C(=O)c1ccccc1. The molecule has 5 heterocycles. The quantitative estimate of drug-likeness (QED) is 0.0166. The maximum absolute atomic E-state index is 16.0. The van der Waals surface area contributed by atoms with Gasteiger partial charge in [-0.25, -0.2) is 27.4 Å². The number of sulfonamides is 1. The summed E-state index contributed by atoms with van der Waals surface area (Å²) in [6, 6.07) is 26.9. The van der Waals surface area contributed by atoms with Gasteiger partial charge in [-0.2, -0.15) is 12.7 Å². The van der Waals surface area contributed by atoms with E-state index in [0.29, 0.717) is 81.9 Å². The van der Waals surface area contributed by atoms with Gasteiger partial charge in [0, 0.05) is 156 Å². The summed E-state index contributed by atoms with van der Waals surface area (Å²) in [5, 5.41) is 32.8. The van der Waals surface area contributed by atoms with Crippen molar-refractivity contribution in [3.8, 4) is 51.0 Å². The molecule has 0 aromatic heterocycles. The molecular formula is C81H93N4O18S2+. The number of carboxylic acids is 3. The van der Waals surface area contributed by atoms with E-state index in [9.17, 15) is 47.5 Å². The van der Waals surface area contributed by atoms with Crippen molar-refractivity contribution in [2.45, 2.75) is 147 Å². The maximum atomic E-state index is 16.0. The number of fused-ring (bicyclic) bond motifs is 4. The van der Waals surface area contributed by atoms with Gasteiger partial charge in [0.1, 0.15) is 46.7 Å². The number of benzene rings is 7. The molecule has 22 nitrogen and oxygen atoms in total. The molecule has 0 atom stereocenters. The number of carbonyl (C=O) groups excluding carboxylic acids is 1. The second kappa shape index (κ2) is 33.1. The maximum Gasteiger partial charge on any atom is 0.341 e. The van der Waals surface area contributed by atoms with Crippen LogP contribution in [0.5, 0.6) is 28.7 Å². The molecule has 7 aromatic rings. The van der Waals surface area contributed by atoms with Crippen LogP contribution in [0.4, 0.5) is 5.69 Å². The first-order chi connectivity index (χ1) is 50.5. The molecule has 0 fully saturated rings. The van der Waals surface area contributed by atoms with Crippen LogP contribution >= 0.6 is 0 Å². The third-order valence-electron chi connectivity index (χ3n) is 20.0. The van der Waals surface area contributed by atoms with Crippen LogP contribution in [0.1, 0.15) is 150 Å². The van der Waals surface area contributed by atoms with Gasteiger partial charge in [-0.1, -0.05) is 63.1 Å². The van der Waals surface area contributed by atoms with Gasteiger partial charge in [0.25, 0.3) is 16.0 Å². The van der Waals surface area contributed by atoms with Gasteiger partial charge >= 0.3 is 17.9 Å². The van der Waals surface area contributed by atoms with Crippen molar-refractivity contribution in [2.75, 3.05) is 90.4 Å². The molecule has 7 aromatic carbocycles. The first kappa shape index (κ1) is 75.5. The molecule has 0 bridgehead atoms. The fraction of sp³-hybridized carbons (Fsp3) is 0.420. The highest BCUT2D eigenvalue weighted by molar-refractivity contribution is 7.89. The molecule has 0 spiro atoms. The van der Waals surface area contributed by atoms with Crippen LogP contribution in [-0.2, 0) is 82.8 Å². The number of ether oxygens (including phenoxy) is 6. The average molecular weight is 1470 g/mol. The lowest BCUT2D eigenvalue weighted by Crippen LogP contribution is -2.45. The minimum Gasteiger partial charge on any atom is -0.481 e. The second-order valence-corrected chi connectivity index (χ2v) is 31.2. The van der Waals surface area contributed by atoms with E-state index in [1.54, 1.807) is 92.4 Å². The molecule has 0 unspecified atom stereocenters. The van der Waals surface area contributed by atoms with E-state index in [4.69, 9.17) is 28.4 Å². The van der Waals surface area contributed by atoms with E-state index < -0.39 is 74.2 Å². The first-order valence-electron chi connectivity index (χ1n) is 36.5. The third-order valence-corrected chi connectivity index (χ3v) is 22.7. The van der Waals surface area contributed by atoms with Crippen molar-refractivity contribution in [2.24, 2.45) is 0 Å². The standard InChI is InChI=1S/C81H92N4O18S2/c1-6-8-33-98-35-17-31-84(81(92)54-19-11-10-12-20-54)46-57-37-51(3)39-63(76(57)100-48-70(86)87)65-41-53(5)42-66(78(65)102-50-72(90)91)64-40-52(4)38-58(77(64)101-49-71(88)89)47-85(32-18-36-99-34-9-7-2)104(93,94)59-25-26-60(69(45-59)105(95,96)97)73-67-43-55-21-13-27-82-29-15-23-61(74(55)82)79(67)103-80-62-24-16-30-83-28-14-22-56(75(62)83)44-68(73)80/h10-12,19-20,25-26,37-45H,6-9,13-18,21-24,27-36,46-50H2,1-5H3,(H3-,86,87,88,89,90,91,95,96,97)/p+1. The van der Waals surface area contributed by atoms with E-state index in [0.717, 1.165) is 147 Å². The fourth-order valence-electron chi connectivity index (χ4n) is 15.5. The monoisotopic (exact) mass is 1470 g/mol. The van der Waals surface area contributed by atoms with E-state index in [-0.39, 0.29) is 89.2 Å². The lowest BCUT2D eigenvalue weighted by Gasteiger charge is -2.39. The summed E-state index contributed by atoms with van der Waals surface area (Å²) in [6.45, 7) is 11.2. The summed E-state index contributed by atoms with van der Waals surface area (Å²) in [5.41, 5.74) is 10.1. The molecule has 12 rings (SSSR count). The molecule has 0 radical (unpaired) electrons. The van der Waals surface area contributed by atoms with E-state index in [2.05, 4.69) is 28.5 Å². The number of hydrogen-bond acceptors (Lipinski definition) is 15. The Balaban J connectivity index is 1.00. The highest BCUT2D eigenvalue weighted by Gasteiger charge is 2.39. The Morgan fingerprint density at radius 1 is 0.552 bits per heavy atom. The van der Waals surface area contributed by atoms with Gasteiger partial charge in [-0.05, 0) is 168 Å². The van der Waals surface area contributed by atoms with Crippen molar-refractivity contribution in [3.63, 3.8) is 0 Å². The van der Waals surface area contributed by atoms with Crippen LogP contribution in [-0.4, -0.2) is 155 Å². The summed E-state index contributed by atoms with van der Waals surface area (Å²) in [6.07, 6.45) is 10.7. The molecule has 105 heavy (non-hydrogen) atoms. The van der Waals surface area contributed by atoms with E-state index in [1.165, 1.54) is 12.1 Å². The summed E-state index contributed by atoms with van der Waals surface area (Å²) < 4.78 is 114. The van der Waals surface area contributed by atoms with Gasteiger partial charge in [0.15, 0.2) is 19.8 Å². The Morgan fingerprint density at radius 2 is 1.09 bits per heavy atom. The number of hydrogen-bond donors (Lipinski definition) is 4. The predicted molar refractivity (Wildman–Crippen MR) is 397 cm³/mol. The van der Waals surface area contributed by atoms with Crippen molar-refractivity contribution in [1.29, 1.82) is 0 Å². The van der Waals surface area contributed by atoms with Crippen LogP contribution in [0.2, 0.25) is 0 Å². The Kier molecular flexibility index (Phi) is 23.8. The van der Waals surface area contributed by atoms with Crippen LogP contribution < -0.4 is 39.0 Å². The van der Waals surface area contributed by atoms with Crippen LogP contribution in [0.15, 0.2) is 107 Å². The number of carboxylic acid groups (broad SMARTS) is 3. The summed E-state index contributed by atoms with van der Waals surface area (Å²) >= 11 is 0. The Bertz CT molecular complexity index is 4880. The van der Waals surface area contributed by atoms with Crippen molar-refractivity contribution in [3.05, 3.63) is 174 Å². The Morgan fingerprint density at radius 3 is 1.69 bits per heavy atom. The molecule has 4 N–H and O–H groups in total. The number of aliphatic carboxylic acids is 3. The molecule has 0 saturated carbocycles. The summed E-state index contributed by atoms with van der Waals surface area (Å²) in [5.74, 6) is -3.30. The zero-order chi connectivity index (χ0) is 74.3. The molecule has 0 aliphatic carbocycles. The number of rotatable bonds is 34. The van der Waals surface area contributed by atoms with E-state index in [1.807, 2.05) is 6.92 Å². The van der Waals surface area contributed by atoms with Gasteiger partial charge in [-0.3, -0.25) is 9.35 Å². The van der Waals surface area contributed by atoms with Crippen molar-refractivity contribution < 1.29 is 84.3 Å². The zero-order valence-electron chi connectivity index (χ0n) is 60.4. The molecule has 0 saturated heterocycles. The van der Waals surface area contributed by atoms with Crippen molar-refractivity contribution in [1.82, 2.24) is 13.8 Å². The molecular weight excluding hydrogens is 1380 g/mol. The topological polar surface area (TPSA) is 286 Å². The molecule has 5 aliphatic rings. The predicted octanol–water partition coefficient (Wildman–Crippen LogP) is 11.3. The first-order valence-corrected chi connectivity index (χ1v) is 39.4. The molecule has 1 amide bonds. The van der Waals surface area contributed by atoms with E-state index >= 15 is 8.42 Å². The lowest BCUT2D eigenvalue weighted by molar-refractivity contribution is -0.140. The average Bonchev–Trinajstić information content (AvgIpc) is 0.709. The number of unbranched alkanes of at least 4 members (excludes halogenated alkanes) is 2. The highest BCUT2D eigenvalue weighted by atomic mass is 32.2. The Labute approximate surface area is 613 Å². The minimum absolute atomic E-state index is 0.0434. The number of amides is 1. The normalized spacial score (nSPS) is 14.4. The van der Waals surface area contributed by atoms with Crippen LogP contribution in [0.3, 0.4) is 0 Å². The number of nitrogens with zero attached hydrogens (tertiary/aromatic N) is 4. The lowest BCUT2D eigenvalue weighted by atomic mass is 9.82. The van der Waals surface area contributed by atoms with Gasteiger partial charge in [0.05, 0.1) is 10.5 Å². The highest BCUT2D eigenvalue weighted by Crippen LogP contribution is 2.51. The Hall–Kier alpha value is -9.17. The number of anilines is 1. The van der Waals surface area contributed by atoms with Crippen LogP contribution in [0.25, 0.3) is 27.8 Å². The number of aryl methyl sites for hydroxylation is 5. The smallest absolute Gasteiger partial charge is 0.341 e. The zero-order valence-corrected chi connectivity index (χ0v) is 62.0. The van der Waals surface area contributed by atoms with Crippen molar-refractivity contribution >= 4 is 55.2 Å². The largest absolute Gasteiger partial charge is 0.481 e. The minimum atomic E-state index is -5.25. The van der Waals surface area contributed by atoms with Gasteiger partial charge < -0.3 is 53.5 Å². The summed E-state index contributed by atoms with van der Waals surface area (Å²) in [4.78, 5) is 55.5. The molecule has 24 heteroatoms. The molecule has 556 valence electrons. The second-order valence-electron chi connectivity index (χ2n) is 27.9. The van der Waals surface area contributed by atoms with Crippen LogP contribution in [0, 0.1) is 20.8 Å². The van der Waals surface area contributed by atoms with Gasteiger partial charge in [-0.15, -0.1) is 0 Å². The fourth-order valence-corrected chi connectivity index (χ4v) is 17.8.